The lowest BCUT2D eigenvalue weighted by Gasteiger charge is -2.17. The molecule has 6 heteroatoms. The number of anilines is 1. The van der Waals surface area contributed by atoms with Crippen LogP contribution in [0.3, 0.4) is 0 Å². The lowest BCUT2D eigenvalue weighted by atomic mass is 10.3. The van der Waals surface area contributed by atoms with Gasteiger partial charge in [-0.25, -0.2) is 9.97 Å². The number of β-amino-alcohol motifs (C(OH)–C–C–N with tert-alkyl or cyclic N) is 1. The Morgan fingerprint density at radius 3 is 3.06 bits per heavy atom. The van der Waals surface area contributed by atoms with Crippen molar-refractivity contribution in [2.24, 2.45) is 0 Å². The first-order chi connectivity index (χ1) is 7.69. The number of aliphatic hydroxyl groups excluding tert-OH is 1. The predicted octanol–water partition coefficient (Wildman–Crippen LogP) is 0.847. The highest BCUT2D eigenvalue weighted by Crippen LogP contribution is 2.21. The second-order valence-electron chi connectivity index (χ2n) is 3.79. The molecule has 0 aromatic carbocycles. The maximum Gasteiger partial charge on any atom is 0.158 e. The van der Waals surface area contributed by atoms with Gasteiger partial charge >= 0.3 is 0 Å². The molecular formula is C10H14ClN3O2. The average molecular weight is 244 g/mol. The monoisotopic (exact) mass is 243 g/mol. The molecule has 2 rings (SSSR count). The molecule has 2 heterocycles. The van der Waals surface area contributed by atoms with E-state index < -0.39 is 0 Å². The zero-order valence-electron chi connectivity index (χ0n) is 9.06. The minimum absolute atomic E-state index is 0.278. The Balaban J connectivity index is 2.20. The smallest absolute Gasteiger partial charge is 0.158 e. The maximum absolute atomic E-state index is 9.46. The van der Waals surface area contributed by atoms with E-state index >= 15 is 0 Å². The van der Waals surface area contributed by atoms with Crippen LogP contribution < -0.4 is 4.90 Å². The summed E-state index contributed by atoms with van der Waals surface area (Å²) in [6.07, 6.45) is 0.487. The second kappa shape index (κ2) is 4.95. The van der Waals surface area contributed by atoms with Gasteiger partial charge in [-0.2, -0.15) is 0 Å². The number of ether oxygens (including phenoxy) is 1. The Morgan fingerprint density at radius 1 is 1.62 bits per heavy atom. The number of nitrogens with zero attached hydrogens (tertiary/aromatic N) is 3. The molecule has 1 aliphatic heterocycles. The molecule has 88 valence electrons. The van der Waals surface area contributed by atoms with Crippen LogP contribution in [0.2, 0.25) is 5.15 Å². The van der Waals surface area contributed by atoms with Crippen molar-refractivity contribution in [3.8, 4) is 0 Å². The van der Waals surface area contributed by atoms with E-state index in [0.717, 1.165) is 18.8 Å². The second-order valence-corrected chi connectivity index (χ2v) is 4.17. The number of halogens is 1. The van der Waals surface area contributed by atoms with E-state index in [1.165, 1.54) is 0 Å². The number of rotatable bonds is 3. The Labute approximate surface area is 99.0 Å². The lowest BCUT2D eigenvalue weighted by Crippen LogP contribution is -2.22. The van der Waals surface area contributed by atoms with E-state index in [1.807, 2.05) is 4.90 Å². The first-order valence-electron chi connectivity index (χ1n) is 5.14. The molecule has 0 spiro atoms. The SMILES string of the molecule is COCc1nc(Cl)cc(N2CCC(O)C2)n1. The van der Waals surface area contributed by atoms with Gasteiger partial charge in [-0.3, -0.25) is 0 Å². The molecule has 0 bridgehead atoms. The van der Waals surface area contributed by atoms with Crippen LogP contribution in [0.5, 0.6) is 0 Å². The molecule has 5 nitrogen and oxygen atoms in total. The van der Waals surface area contributed by atoms with Gasteiger partial charge in [0.05, 0.1) is 6.10 Å². The largest absolute Gasteiger partial charge is 0.391 e. The molecule has 1 aromatic rings. The highest BCUT2D eigenvalue weighted by Gasteiger charge is 2.22. The molecule has 1 aliphatic rings. The van der Waals surface area contributed by atoms with Crippen LogP contribution in [0, 0.1) is 0 Å². The fourth-order valence-electron chi connectivity index (χ4n) is 1.76. The quantitative estimate of drug-likeness (QED) is 0.798. The maximum atomic E-state index is 9.46. The molecule has 1 aromatic heterocycles. The molecule has 1 fully saturated rings. The number of aliphatic hydroxyl groups is 1. The van der Waals surface area contributed by atoms with Gasteiger partial charge < -0.3 is 14.7 Å². The van der Waals surface area contributed by atoms with E-state index in [-0.39, 0.29) is 6.10 Å². The zero-order chi connectivity index (χ0) is 11.5. The summed E-state index contributed by atoms with van der Waals surface area (Å²) >= 11 is 5.90. The zero-order valence-corrected chi connectivity index (χ0v) is 9.81. The highest BCUT2D eigenvalue weighted by atomic mass is 35.5. The van der Waals surface area contributed by atoms with Crippen molar-refractivity contribution in [3.05, 3.63) is 17.0 Å². The Bertz CT molecular complexity index is 375. The van der Waals surface area contributed by atoms with Crippen molar-refractivity contribution < 1.29 is 9.84 Å². The summed E-state index contributed by atoms with van der Waals surface area (Å²) in [5.74, 6) is 1.31. The molecule has 0 saturated carbocycles. The van der Waals surface area contributed by atoms with Gasteiger partial charge in [-0.05, 0) is 6.42 Å². The molecule has 0 radical (unpaired) electrons. The number of aromatic nitrogens is 2. The molecule has 1 N–H and O–H groups in total. The van der Waals surface area contributed by atoms with Crippen molar-refractivity contribution in [1.82, 2.24) is 9.97 Å². The third kappa shape index (κ3) is 2.61. The van der Waals surface area contributed by atoms with Crippen LogP contribution in [-0.4, -0.2) is 41.4 Å². The lowest BCUT2D eigenvalue weighted by molar-refractivity contribution is 0.178. The van der Waals surface area contributed by atoms with Crippen molar-refractivity contribution in [2.45, 2.75) is 19.1 Å². The Hall–Kier alpha value is -0.910. The third-order valence-electron chi connectivity index (χ3n) is 2.49. The first kappa shape index (κ1) is 11.6. The average Bonchev–Trinajstić information content (AvgIpc) is 2.64. The summed E-state index contributed by atoms with van der Waals surface area (Å²) in [7, 11) is 1.59. The number of hydrogen-bond acceptors (Lipinski definition) is 5. The van der Waals surface area contributed by atoms with Gasteiger partial charge in [0.1, 0.15) is 17.6 Å². The summed E-state index contributed by atoms with van der Waals surface area (Å²) in [5, 5.41) is 9.86. The summed E-state index contributed by atoms with van der Waals surface area (Å²) < 4.78 is 4.97. The van der Waals surface area contributed by atoms with Gasteiger partial charge in [-0.1, -0.05) is 11.6 Å². The fraction of sp³-hybridized carbons (Fsp3) is 0.600. The summed E-state index contributed by atoms with van der Waals surface area (Å²) in [6.45, 7) is 1.73. The molecule has 16 heavy (non-hydrogen) atoms. The Kier molecular flexibility index (Phi) is 3.58. The van der Waals surface area contributed by atoms with E-state index in [0.29, 0.717) is 24.1 Å². The summed E-state index contributed by atoms with van der Waals surface area (Å²) in [5.41, 5.74) is 0. The van der Waals surface area contributed by atoms with Gasteiger partial charge in [0.2, 0.25) is 0 Å². The molecule has 1 atom stereocenters. The van der Waals surface area contributed by atoms with Crippen LogP contribution >= 0.6 is 11.6 Å². The van der Waals surface area contributed by atoms with Crippen molar-refractivity contribution in [2.75, 3.05) is 25.1 Å². The topological polar surface area (TPSA) is 58.5 Å². The van der Waals surface area contributed by atoms with E-state index in [9.17, 15) is 5.11 Å². The molecular weight excluding hydrogens is 230 g/mol. The Morgan fingerprint density at radius 2 is 2.44 bits per heavy atom. The van der Waals surface area contributed by atoms with Gasteiger partial charge in [0, 0.05) is 26.3 Å². The molecule has 0 amide bonds. The number of hydrogen-bond donors (Lipinski definition) is 1. The first-order valence-corrected chi connectivity index (χ1v) is 5.52. The summed E-state index contributed by atoms with van der Waals surface area (Å²) in [6, 6.07) is 1.71. The van der Waals surface area contributed by atoms with Crippen LogP contribution in [0.25, 0.3) is 0 Å². The normalized spacial score (nSPS) is 20.4. The highest BCUT2D eigenvalue weighted by molar-refractivity contribution is 6.29. The van der Waals surface area contributed by atoms with Gasteiger partial charge in [0.25, 0.3) is 0 Å². The standard InChI is InChI=1S/C10H14ClN3O2/c1-16-6-9-12-8(11)4-10(13-9)14-3-2-7(15)5-14/h4,7,15H,2-3,5-6H2,1H3. The van der Waals surface area contributed by atoms with Crippen molar-refractivity contribution in [1.29, 1.82) is 0 Å². The molecule has 1 saturated heterocycles. The van der Waals surface area contributed by atoms with E-state index in [4.69, 9.17) is 16.3 Å². The van der Waals surface area contributed by atoms with Crippen molar-refractivity contribution in [3.63, 3.8) is 0 Å². The van der Waals surface area contributed by atoms with Gasteiger partial charge in [-0.15, -0.1) is 0 Å². The van der Waals surface area contributed by atoms with Crippen LogP contribution in [0.4, 0.5) is 5.82 Å². The predicted molar refractivity (Wildman–Crippen MR) is 60.6 cm³/mol. The fourth-order valence-corrected chi connectivity index (χ4v) is 1.95. The van der Waals surface area contributed by atoms with E-state index in [2.05, 4.69) is 9.97 Å². The van der Waals surface area contributed by atoms with Gasteiger partial charge in [0.15, 0.2) is 5.82 Å². The molecule has 0 aliphatic carbocycles. The minimum atomic E-state index is -0.278. The molecule has 1 unspecified atom stereocenters. The summed E-state index contributed by atoms with van der Waals surface area (Å²) in [4.78, 5) is 10.4. The van der Waals surface area contributed by atoms with Crippen molar-refractivity contribution >= 4 is 17.4 Å². The third-order valence-corrected chi connectivity index (χ3v) is 2.68. The minimum Gasteiger partial charge on any atom is -0.391 e. The number of methoxy groups -OCH3 is 1. The van der Waals surface area contributed by atoms with Crippen LogP contribution in [0.1, 0.15) is 12.2 Å². The van der Waals surface area contributed by atoms with Crippen LogP contribution in [0.15, 0.2) is 6.07 Å². The van der Waals surface area contributed by atoms with E-state index in [1.54, 1.807) is 13.2 Å². The van der Waals surface area contributed by atoms with Crippen LogP contribution in [-0.2, 0) is 11.3 Å².